The quantitative estimate of drug-likeness (QED) is 0.915. The maximum absolute atomic E-state index is 14.1. The van der Waals surface area contributed by atoms with E-state index in [1.54, 1.807) is 7.11 Å². The number of nitrogens with zero attached hydrogens (tertiary/aromatic N) is 1. The highest BCUT2D eigenvalue weighted by atomic mass is 19.1. The van der Waals surface area contributed by atoms with Gasteiger partial charge < -0.3 is 10.1 Å². The van der Waals surface area contributed by atoms with Gasteiger partial charge in [-0.3, -0.25) is 4.90 Å². The van der Waals surface area contributed by atoms with Crippen molar-refractivity contribution in [3.8, 4) is 5.75 Å². The fourth-order valence-corrected chi connectivity index (χ4v) is 3.13. The molecular formula is C16H23FN2O. The summed E-state index contributed by atoms with van der Waals surface area (Å²) in [5, 5.41) is 3.55. The van der Waals surface area contributed by atoms with Gasteiger partial charge in [0, 0.05) is 43.3 Å². The number of halogens is 1. The smallest absolute Gasteiger partial charge is 0.131 e. The molecular weight excluding hydrogens is 255 g/mol. The molecule has 2 atom stereocenters. The highest BCUT2D eigenvalue weighted by molar-refractivity contribution is 5.29. The van der Waals surface area contributed by atoms with Gasteiger partial charge in [0.15, 0.2) is 0 Å². The van der Waals surface area contributed by atoms with Crippen LogP contribution in [-0.4, -0.2) is 37.2 Å². The van der Waals surface area contributed by atoms with Crippen molar-refractivity contribution >= 4 is 0 Å². The lowest BCUT2D eigenvalue weighted by atomic mass is 10.0. The van der Waals surface area contributed by atoms with Crippen LogP contribution in [0.3, 0.4) is 0 Å². The predicted octanol–water partition coefficient (Wildman–Crippen LogP) is 2.41. The molecule has 0 bridgehead atoms. The zero-order valence-electron chi connectivity index (χ0n) is 12.2. The second kappa shape index (κ2) is 5.70. The van der Waals surface area contributed by atoms with Crippen molar-refractivity contribution in [2.24, 2.45) is 5.92 Å². The normalized spacial score (nSPS) is 27.6. The van der Waals surface area contributed by atoms with Crippen molar-refractivity contribution in [1.82, 2.24) is 10.2 Å². The van der Waals surface area contributed by atoms with Crippen LogP contribution >= 0.6 is 0 Å². The summed E-state index contributed by atoms with van der Waals surface area (Å²) in [6.45, 7) is 4.92. The Morgan fingerprint density at radius 2 is 2.20 bits per heavy atom. The average molecular weight is 278 g/mol. The van der Waals surface area contributed by atoms with Crippen LogP contribution in [0.2, 0.25) is 0 Å². The Labute approximate surface area is 120 Å². The fraction of sp³-hybridized carbons (Fsp3) is 0.625. The van der Waals surface area contributed by atoms with E-state index >= 15 is 0 Å². The maximum Gasteiger partial charge on any atom is 0.131 e. The van der Waals surface area contributed by atoms with Gasteiger partial charge in [-0.05, 0) is 31.7 Å². The molecule has 0 aromatic heterocycles. The second-order valence-corrected chi connectivity index (χ2v) is 6.10. The highest BCUT2D eigenvalue weighted by Crippen LogP contribution is 2.37. The van der Waals surface area contributed by atoms with Gasteiger partial charge in [0.2, 0.25) is 0 Å². The number of methoxy groups -OCH3 is 1. The van der Waals surface area contributed by atoms with Gasteiger partial charge in [-0.1, -0.05) is 6.07 Å². The number of rotatable bonds is 4. The number of ether oxygens (including phenoxy) is 1. The van der Waals surface area contributed by atoms with E-state index in [1.807, 2.05) is 12.1 Å². The third-order valence-corrected chi connectivity index (χ3v) is 4.45. The summed E-state index contributed by atoms with van der Waals surface area (Å²) in [7, 11) is 1.57. The van der Waals surface area contributed by atoms with Crippen molar-refractivity contribution in [2.45, 2.75) is 38.4 Å². The molecule has 1 saturated heterocycles. The summed E-state index contributed by atoms with van der Waals surface area (Å²) < 4.78 is 19.2. The summed E-state index contributed by atoms with van der Waals surface area (Å²) in [4.78, 5) is 2.45. The third kappa shape index (κ3) is 2.96. The first-order chi connectivity index (χ1) is 9.67. The van der Waals surface area contributed by atoms with Gasteiger partial charge in [0.25, 0.3) is 0 Å². The summed E-state index contributed by atoms with van der Waals surface area (Å²) in [6, 6.07) is 6.22. The van der Waals surface area contributed by atoms with Gasteiger partial charge >= 0.3 is 0 Å². The lowest BCUT2D eigenvalue weighted by molar-refractivity contribution is 0.111. The zero-order chi connectivity index (χ0) is 14.1. The molecule has 1 aromatic carbocycles. The molecule has 1 N–H and O–H groups in total. The molecule has 2 fully saturated rings. The van der Waals surface area contributed by atoms with Crippen LogP contribution in [-0.2, 0) is 6.54 Å². The molecule has 1 aliphatic heterocycles. The first kappa shape index (κ1) is 13.8. The maximum atomic E-state index is 14.1. The van der Waals surface area contributed by atoms with Gasteiger partial charge in [0.1, 0.15) is 11.6 Å². The van der Waals surface area contributed by atoms with Crippen molar-refractivity contribution in [1.29, 1.82) is 0 Å². The average Bonchev–Trinajstić information content (AvgIpc) is 3.26. The summed E-state index contributed by atoms with van der Waals surface area (Å²) in [6.07, 6.45) is 2.64. The first-order valence-corrected chi connectivity index (χ1v) is 7.47. The lowest BCUT2D eigenvalue weighted by Crippen LogP contribution is -2.55. The number of nitrogens with one attached hydrogen (secondary N) is 1. The van der Waals surface area contributed by atoms with Crippen molar-refractivity contribution in [3.63, 3.8) is 0 Å². The minimum atomic E-state index is -0.162. The molecule has 1 saturated carbocycles. The van der Waals surface area contributed by atoms with Gasteiger partial charge in [0.05, 0.1) is 7.11 Å². The van der Waals surface area contributed by atoms with Crippen LogP contribution in [0.5, 0.6) is 5.75 Å². The molecule has 3 nitrogen and oxygen atoms in total. The molecule has 20 heavy (non-hydrogen) atoms. The Kier molecular flexibility index (Phi) is 3.94. The van der Waals surface area contributed by atoms with Crippen LogP contribution in [0.25, 0.3) is 0 Å². The molecule has 110 valence electrons. The molecule has 1 aliphatic carbocycles. The molecule has 0 amide bonds. The van der Waals surface area contributed by atoms with E-state index in [0.29, 0.717) is 24.4 Å². The van der Waals surface area contributed by atoms with E-state index in [0.717, 1.165) is 24.6 Å². The molecule has 0 radical (unpaired) electrons. The van der Waals surface area contributed by atoms with E-state index in [9.17, 15) is 4.39 Å². The molecule has 2 aliphatic rings. The first-order valence-electron chi connectivity index (χ1n) is 7.47. The Morgan fingerprint density at radius 3 is 2.85 bits per heavy atom. The second-order valence-electron chi connectivity index (χ2n) is 6.10. The van der Waals surface area contributed by atoms with Crippen molar-refractivity contribution in [3.05, 3.63) is 29.6 Å². The minimum Gasteiger partial charge on any atom is -0.497 e. The Hall–Kier alpha value is -1.13. The van der Waals surface area contributed by atoms with E-state index in [1.165, 1.54) is 18.9 Å². The summed E-state index contributed by atoms with van der Waals surface area (Å²) >= 11 is 0. The number of benzene rings is 1. The van der Waals surface area contributed by atoms with Crippen LogP contribution in [0.15, 0.2) is 18.2 Å². The number of piperazine rings is 1. The Bertz CT molecular complexity index is 476. The predicted molar refractivity (Wildman–Crippen MR) is 77.3 cm³/mol. The zero-order valence-corrected chi connectivity index (χ0v) is 12.2. The highest BCUT2D eigenvalue weighted by Gasteiger charge is 2.38. The Morgan fingerprint density at radius 1 is 1.40 bits per heavy atom. The van der Waals surface area contributed by atoms with Crippen LogP contribution in [0.4, 0.5) is 4.39 Å². The van der Waals surface area contributed by atoms with Crippen LogP contribution in [0.1, 0.15) is 25.3 Å². The van der Waals surface area contributed by atoms with Gasteiger partial charge in [-0.15, -0.1) is 0 Å². The summed E-state index contributed by atoms with van der Waals surface area (Å²) in [5.74, 6) is 1.22. The lowest BCUT2D eigenvalue weighted by Gasteiger charge is -2.39. The SMILES string of the molecule is COc1ccc(CN2CC(C)NCC2C2CC2)c(F)c1. The molecule has 1 heterocycles. The van der Waals surface area contributed by atoms with E-state index in [2.05, 4.69) is 17.1 Å². The van der Waals surface area contributed by atoms with Crippen LogP contribution in [0, 0.1) is 11.7 Å². The van der Waals surface area contributed by atoms with E-state index in [4.69, 9.17) is 4.74 Å². The van der Waals surface area contributed by atoms with Gasteiger partial charge in [-0.2, -0.15) is 0 Å². The van der Waals surface area contributed by atoms with Crippen molar-refractivity contribution in [2.75, 3.05) is 20.2 Å². The monoisotopic (exact) mass is 278 g/mol. The topological polar surface area (TPSA) is 24.5 Å². The molecule has 4 heteroatoms. The largest absolute Gasteiger partial charge is 0.497 e. The van der Waals surface area contributed by atoms with E-state index in [-0.39, 0.29) is 5.82 Å². The van der Waals surface area contributed by atoms with Gasteiger partial charge in [-0.25, -0.2) is 4.39 Å². The molecule has 3 rings (SSSR count). The van der Waals surface area contributed by atoms with E-state index < -0.39 is 0 Å². The fourth-order valence-electron chi connectivity index (χ4n) is 3.13. The Balaban J connectivity index is 1.74. The third-order valence-electron chi connectivity index (χ3n) is 4.45. The molecule has 2 unspecified atom stereocenters. The molecule has 0 spiro atoms. The molecule has 1 aromatic rings. The number of hydrogen-bond acceptors (Lipinski definition) is 3. The standard InChI is InChI=1S/C16H23FN2O/c1-11-9-19(16(8-18-11)12-3-4-12)10-13-5-6-14(20-2)7-15(13)17/h5-7,11-12,16,18H,3-4,8-10H2,1-2H3. The number of hydrogen-bond donors (Lipinski definition) is 1. The minimum absolute atomic E-state index is 0.162. The van der Waals surface area contributed by atoms with Crippen LogP contribution < -0.4 is 10.1 Å². The summed E-state index contributed by atoms with van der Waals surface area (Å²) in [5.41, 5.74) is 0.769. The van der Waals surface area contributed by atoms with Crippen molar-refractivity contribution < 1.29 is 9.13 Å².